The van der Waals surface area contributed by atoms with Crippen molar-refractivity contribution in [2.75, 3.05) is 24.2 Å². The minimum Gasteiger partial charge on any atom is -0.381 e. The van der Waals surface area contributed by atoms with Crippen LogP contribution in [-0.2, 0) is 0 Å². The maximum atomic E-state index is 5.96. The summed E-state index contributed by atoms with van der Waals surface area (Å²) in [6, 6.07) is 7.75. The molecule has 0 atom stereocenters. The number of benzene rings is 1. The third-order valence-electron chi connectivity index (χ3n) is 2.84. The Balaban J connectivity index is 2.26. The maximum absolute atomic E-state index is 5.96. The van der Waals surface area contributed by atoms with Crippen molar-refractivity contribution in [3.63, 3.8) is 0 Å². The highest BCUT2D eigenvalue weighted by Gasteiger charge is 2.09. The van der Waals surface area contributed by atoms with Crippen LogP contribution in [0.25, 0.3) is 11.0 Å². The monoisotopic (exact) mass is 242 g/mol. The van der Waals surface area contributed by atoms with Crippen molar-refractivity contribution in [3.8, 4) is 0 Å². The summed E-state index contributed by atoms with van der Waals surface area (Å²) in [5, 5.41) is 0. The van der Waals surface area contributed by atoms with Crippen molar-refractivity contribution in [1.82, 2.24) is 9.97 Å². The van der Waals surface area contributed by atoms with Gasteiger partial charge in [-0.15, -0.1) is 6.58 Å². The molecule has 94 valence electrons. The molecule has 18 heavy (non-hydrogen) atoms. The van der Waals surface area contributed by atoms with E-state index in [4.69, 9.17) is 5.73 Å². The van der Waals surface area contributed by atoms with E-state index < -0.39 is 0 Å². The van der Waals surface area contributed by atoms with Crippen LogP contribution in [0.1, 0.15) is 12.8 Å². The highest BCUT2D eigenvalue weighted by Crippen LogP contribution is 2.21. The van der Waals surface area contributed by atoms with E-state index in [0.29, 0.717) is 5.82 Å². The first-order valence-corrected chi connectivity index (χ1v) is 6.06. The topological polar surface area (TPSA) is 55.0 Å². The van der Waals surface area contributed by atoms with Gasteiger partial charge in [0, 0.05) is 13.6 Å². The number of nitrogens with zero attached hydrogens (tertiary/aromatic N) is 3. The lowest BCUT2D eigenvalue weighted by Crippen LogP contribution is -2.21. The van der Waals surface area contributed by atoms with E-state index in [2.05, 4.69) is 16.5 Å². The Morgan fingerprint density at radius 3 is 2.61 bits per heavy atom. The van der Waals surface area contributed by atoms with Crippen LogP contribution < -0.4 is 10.6 Å². The van der Waals surface area contributed by atoms with Gasteiger partial charge in [0.25, 0.3) is 0 Å². The molecule has 1 heterocycles. The summed E-state index contributed by atoms with van der Waals surface area (Å²) in [4.78, 5) is 11.0. The van der Waals surface area contributed by atoms with E-state index in [1.165, 1.54) is 0 Å². The van der Waals surface area contributed by atoms with Crippen molar-refractivity contribution in [3.05, 3.63) is 36.9 Å². The Kier molecular flexibility index (Phi) is 3.77. The summed E-state index contributed by atoms with van der Waals surface area (Å²) in [6.07, 6.45) is 3.95. The zero-order chi connectivity index (χ0) is 13.0. The lowest BCUT2D eigenvalue weighted by atomic mass is 10.3. The van der Waals surface area contributed by atoms with Crippen molar-refractivity contribution in [1.29, 1.82) is 0 Å². The first-order valence-electron chi connectivity index (χ1n) is 6.06. The molecular formula is C14H18N4. The Bertz CT molecular complexity index is 550. The summed E-state index contributed by atoms with van der Waals surface area (Å²) >= 11 is 0. The number of nitrogen functional groups attached to an aromatic ring is 1. The van der Waals surface area contributed by atoms with E-state index in [-0.39, 0.29) is 0 Å². The minimum atomic E-state index is 0.481. The predicted octanol–water partition coefficient (Wildman–Crippen LogP) is 2.61. The molecule has 4 nitrogen and oxygen atoms in total. The molecule has 1 aromatic heterocycles. The number of nitrogens with two attached hydrogens (primary N) is 1. The molecule has 0 saturated carbocycles. The summed E-state index contributed by atoms with van der Waals surface area (Å²) in [7, 11) is 1.98. The van der Waals surface area contributed by atoms with Crippen LogP contribution in [0.3, 0.4) is 0 Å². The van der Waals surface area contributed by atoms with Crippen LogP contribution in [0.5, 0.6) is 0 Å². The number of aromatic nitrogens is 2. The highest BCUT2D eigenvalue weighted by atomic mass is 15.2. The van der Waals surface area contributed by atoms with Gasteiger partial charge in [0.1, 0.15) is 0 Å². The number of unbranched alkanes of at least 4 members (excludes halogenated alkanes) is 1. The molecule has 4 heteroatoms. The third kappa shape index (κ3) is 2.59. The normalized spacial score (nSPS) is 10.5. The van der Waals surface area contributed by atoms with Gasteiger partial charge >= 0.3 is 0 Å². The van der Waals surface area contributed by atoms with E-state index in [1.54, 1.807) is 0 Å². The molecule has 0 saturated heterocycles. The standard InChI is InChI=1S/C14H18N4/c1-3-4-7-10-18(2)14-13(15)16-11-8-5-6-9-12(11)17-14/h3,5-6,8-9H,1,4,7,10H2,2H3,(H2,15,16). The number of hydrogen-bond acceptors (Lipinski definition) is 4. The summed E-state index contributed by atoms with van der Waals surface area (Å²) in [5.74, 6) is 1.23. The average Bonchev–Trinajstić information content (AvgIpc) is 2.38. The fraction of sp³-hybridized carbons (Fsp3) is 0.286. The molecule has 0 unspecified atom stereocenters. The number of hydrogen-bond donors (Lipinski definition) is 1. The van der Waals surface area contributed by atoms with Gasteiger partial charge in [0.15, 0.2) is 11.6 Å². The van der Waals surface area contributed by atoms with Gasteiger partial charge in [-0.05, 0) is 25.0 Å². The highest BCUT2D eigenvalue weighted by molar-refractivity contribution is 5.79. The molecule has 2 rings (SSSR count). The molecule has 2 aromatic rings. The zero-order valence-electron chi connectivity index (χ0n) is 10.6. The van der Waals surface area contributed by atoms with Crippen molar-refractivity contribution in [2.24, 2.45) is 0 Å². The summed E-state index contributed by atoms with van der Waals surface area (Å²) in [5.41, 5.74) is 7.66. The number of fused-ring (bicyclic) bond motifs is 1. The lowest BCUT2D eigenvalue weighted by Gasteiger charge is -2.19. The van der Waals surface area contributed by atoms with Crippen LogP contribution >= 0.6 is 0 Å². The maximum Gasteiger partial charge on any atom is 0.171 e. The smallest absolute Gasteiger partial charge is 0.171 e. The van der Waals surface area contributed by atoms with Crippen molar-refractivity contribution < 1.29 is 0 Å². The molecule has 0 spiro atoms. The molecule has 0 radical (unpaired) electrons. The fourth-order valence-corrected chi connectivity index (χ4v) is 1.86. The summed E-state index contributed by atoms with van der Waals surface area (Å²) < 4.78 is 0. The van der Waals surface area contributed by atoms with E-state index >= 15 is 0 Å². The fourth-order valence-electron chi connectivity index (χ4n) is 1.86. The Morgan fingerprint density at radius 2 is 1.94 bits per heavy atom. The van der Waals surface area contributed by atoms with Gasteiger partial charge in [-0.1, -0.05) is 18.2 Å². The van der Waals surface area contributed by atoms with Crippen molar-refractivity contribution >= 4 is 22.7 Å². The third-order valence-corrected chi connectivity index (χ3v) is 2.84. The Hall–Kier alpha value is -2.10. The number of anilines is 2. The predicted molar refractivity (Wildman–Crippen MR) is 76.7 cm³/mol. The Labute approximate surface area is 107 Å². The van der Waals surface area contributed by atoms with E-state index in [9.17, 15) is 0 Å². The molecule has 0 aliphatic heterocycles. The SMILES string of the molecule is C=CCCCN(C)c1nc2ccccc2nc1N. The van der Waals surface area contributed by atoms with E-state index in [0.717, 1.165) is 36.2 Å². The second kappa shape index (κ2) is 5.49. The molecular weight excluding hydrogens is 224 g/mol. The zero-order valence-corrected chi connectivity index (χ0v) is 10.6. The van der Waals surface area contributed by atoms with Crippen LogP contribution in [-0.4, -0.2) is 23.6 Å². The average molecular weight is 242 g/mol. The first-order chi connectivity index (χ1) is 8.72. The van der Waals surface area contributed by atoms with Crippen LogP contribution in [0.15, 0.2) is 36.9 Å². The molecule has 0 bridgehead atoms. The largest absolute Gasteiger partial charge is 0.381 e. The lowest BCUT2D eigenvalue weighted by molar-refractivity contribution is 0.793. The molecule has 0 fully saturated rings. The quantitative estimate of drug-likeness (QED) is 0.647. The second-order valence-electron chi connectivity index (χ2n) is 4.27. The number of allylic oxidation sites excluding steroid dienone is 1. The number of para-hydroxylation sites is 2. The van der Waals surface area contributed by atoms with Gasteiger partial charge in [-0.25, -0.2) is 9.97 Å². The summed E-state index contributed by atoms with van der Waals surface area (Å²) in [6.45, 7) is 4.61. The van der Waals surface area contributed by atoms with Crippen LogP contribution in [0.2, 0.25) is 0 Å². The van der Waals surface area contributed by atoms with Crippen LogP contribution in [0.4, 0.5) is 11.6 Å². The van der Waals surface area contributed by atoms with Gasteiger partial charge in [-0.3, -0.25) is 0 Å². The minimum absolute atomic E-state index is 0.481. The van der Waals surface area contributed by atoms with E-state index in [1.807, 2.05) is 42.3 Å². The number of rotatable bonds is 5. The van der Waals surface area contributed by atoms with Gasteiger partial charge in [-0.2, -0.15) is 0 Å². The first kappa shape index (κ1) is 12.4. The van der Waals surface area contributed by atoms with Gasteiger partial charge in [0.2, 0.25) is 0 Å². The van der Waals surface area contributed by atoms with Crippen LogP contribution in [0, 0.1) is 0 Å². The molecule has 0 aliphatic carbocycles. The molecule has 0 amide bonds. The molecule has 0 aliphatic rings. The van der Waals surface area contributed by atoms with Gasteiger partial charge < -0.3 is 10.6 Å². The second-order valence-corrected chi connectivity index (χ2v) is 4.27. The van der Waals surface area contributed by atoms with Crippen molar-refractivity contribution in [2.45, 2.75) is 12.8 Å². The molecule has 1 aromatic carbocycles. The van der Waals surface area contributed by atoms with Gasteiger partial charge in [0.05, 0.1) is 11.0 Å². The Morgan fingerprint density at radius 1 is 1.28 bits per heavy atom. The molecule has 2 N–H and O–H groups in total.